The van der Waals surface area contributed by atoms with Crippen molar-refractivity contribution in [2.45, 2.75) is 6.92 Å². The first-order chi connectivity index (χ1) is 9.13. The predicted octanol–water partition coefficient (Wildman–Crippen LogP) is 1.89. The Kier molecular flexibility index (Phi) is 4.34. The number of nitrogens with zero attached hydrogens (tertiary/aromatic N) is 1. The molecule has 102 valence electrons. The third kappa shape index (κ3) is 3.02. The molecule has 0 fully saturated rings. The van der Waals surface area contributed by atoms with Gasteiger partial charge in [0, 0.05) is 25.2 Å². The van der Waals surface area contributed by atoms with E-state index in [2.05, 4.69) is 10.3 Å². The average Bonchev–Trinajstić information content (AvgIpc) is 2.74. The lowest BCUT2D eigenvalue weighted by atomic mass is 10.2. The van der Waals surface area contributed by atoms with E-state index < -0.39 is 0 Å². The Hall–Kier alpha value is -1.66. The van der Waals surface area contributed by atoms with Gasteiger partial charge in [0.1, 0.15) is 9.71 Å². The van der Waals surface area contributed by atoms with Crippen molar-refractivity contribution in [3.63, 3.8) is 0 Å². The van der Waals surface area contributed by atoms with Crippen molar-refractivity contribution in [2.75, 3.05) is 26.0 Å². The monoisotopic (exact) mass is 279 g/mol. The van der Waals surface area contributed by atoms with Crippen LogP contribution in [-0.4, -0.2) is 31.2 Å². The number of nitrogen functional groups attached to an aromatic ring is 1. The van der Waals surface area contributed by atoms with Crippen LogP contribution in [0.15, 0.2) is 18.3 Å². The first kappa shape index (κ1) is 13.8. The first-order valence-electron chi connectivity index (χ1n) is 6.03. The fourth-order valence-electron chi connectivity index (χ4n) is 1.81. The highest BCUT2D eigenvalue weighted by Gasteiger charge is 2.17. The molecule has 0 aliphatic heterocycles. The van der Waals surface area contributed by atoms with Crippen LogP contribution in [0.1, 0.15) is 16.6 Å². The van der Waals surface area contributed by atoms with Gasteiger partial charge in [0.05, 0.1) is 12.3 Å². The van der Waals surface area contributed by atoms with Gasteiger partial charge in [-0.25, -0.2) is 4.98 Å². The summed E-state index contributed by atoms with van der Waals surface area (Å²) in [6, 6.07) is 3.69. The molecule has 0 aliphatic rings. The molecule has 0 bridgehead atoms. The van der Waals surface area contributed by atoms with Gasteiger partial charge < -0.3 is 15.8 Å². The Morgan fingerprint density at radius 2 is 2.42 bits per heavy atom. The van der Waals surface area contributed by atoms with Gasteiger partial charge >= 0.3 is 0 Å². The number of hydrogen-bond acceptors (Lipinski definition) is 5. The first-order valence-corrected chi connectivity index (χ1v) is 6.85. The lowest BCUT2D eigenvalue weighted by Crippen LogP contribution is -2.29. The van der Waals surface area contributed by atoms with E-state index >= 15 is 0 Å². The quantitative estimate of drug-likeness (QED) is 0.876. The maximum absolute atomic E-state index is 12.1. The third-order valence-corrected chi connectivity index (χ3v) is 3.90. The zero-order valence-electron chi connectivity index (χ0n) is 11.0. The Bertz CT molecular complexity index is 582. The number of nitrogens with one attached hydrogen (secondary N) is 1. The molecule has 19 heavy (non-hydrogen) atoms. The number of amides is 1. The van der Waals surface area contributed by atoms with E-state index in [9.17, 15) is 4.79 Å². The van der Waals surface area contributed by atoms with Gasteiger partial charge in [-0.05, 0) is 18.1 Å². The molecular formula is C13H17N3O2S. The molecular weight excluding hydrogens is 262 g/mol. The number of fused-ring (bicyclic) bond motifs is 1. The number of pyridine rings is 1. The second-order valence-corrected chi connectivity index (χ2v) is 5.47. The van der Waals surface area contributed by atoms with Crippen LogP contribution in [0.25, 0.3) is 10.2 Å². The van der Waals surface area contributed by atoms with Crippen LogP contribution < -0.4 is 11.1 Å². The molecule has 3 N–H and O–H groups in total. The molecule has 5 nitrogen and oxygen atoms in total. The third-order valence-electron chi connectivity index (χ3n) is 2.77. The summed E-state index contributed by atoms with van der Waals surface area (Å²) in [6.07, 6.45) is 1.70. The van der Waals surface area contributed by atoms with Crippen molar-refractivity contribution in [2.24, 2.45) is 5.92 Å². The maximum Gasteiger partial charge on any atom is 0.263 e. The molecule has 2 aromatic heterocycles. The van der Waals surface area contributed by atoms with Gasteiger partial charge in [0.25, 0.3) is 5.91 Å². The topological polar surface area (TPSA) is 77.2 Å². The van der Waals surface area contributed by atoms with Crippen LogP contribution in [-0.2, 0) is 4.74 Å². The van der Waals surface area contributed by atoms with E-state index in [-0.39, 0.29) is 11.8 Å². The van der Waals surface area contributed by atoms with Gasteiger partial charge in [-0.1, -0.05) is 6.92 Å². The Labute approximate surface area is 115 Å². The molecule has 0 saturated heterocycles. The second kappa shape index (κ2) is 5.99. The van der Waals surface area contributed by atoms with Crippen molar-refractivity contribution in [3.8, 4) is 0 Å². The molecule has 2 heterocycles. The molecule has 0 aromatic carbocycles. The summed E-state index contributed by atoms with van der Waals surface area (Å²) < 4.78 is 5.03. The summed E-state index contributed by atoms with van der Waals surface area (Å²) in [5.41, 5.74) is 6.49. The zero-order chi connectivity index (χ0) is 13.8. The number of thiophene rings is 1. The Balaban J connectivity index is 2.11. The number of ether oxygens (including phenoxy) is 1. The summed E-state index contributed by atoms with van der Waals surface area (Å²) >= 11 is 1.32. The van der Waals surface area contributed by atoms with Gasteiger partial charge in [-0.15, -0.1) is 11.3 Å². The molecule has 0 spiro atoms. The summed E-state index contributed by atoms with van der Waals surface area (Å²) in [7, 11) is 1.65. The van der Waals surface area contributed by atoms with Gasteiger partial charge in [-0.2, -0.15) is 0 Å². The largest absolute Gasteiger partial charge is 0.397 e. The lowest BCUT2D eigenvalue weighted by Gasteiger charge is -2.10. The zero-order valence-corrected chi connectivity index (χ0v) is 11.8. The standard InChI is InChI=1S/C13H17N3O2S/c1-8(7-18-2)6-16-12(17)11-10(14)9-4-3-5-15-13(9)19-11/h3-5,8H,6-7,14H2,1-2H3,(H,16,17). The Morgan fingerprint density at radius 3 is 3.11 bits per heavy atom. The van der Waals surface area contributed by atoms with E-state index in [1.54, 1.807) is 13.3 Å². The van der Waals surface area contributed by atoms with Crippen molar-refractivity contribution in [1.82, 2.24) is 10.3 Å². The fourth-order valence-corrected chi connectivity index (χ4v) is 2.79. The molecule has 6 heteroatoms. The molecule has 0 radical (unpaired) electrons. The minimum Gasteiger partial charge on any atom is -0.397 e. The number of aromatic nitrogens is 1. The number of anilines is 1. The number of hydrogen-bond donors (Lipinski definition) is 2. The van der Waals surface area contributed by atoms with Crippen molar-refractivity contribution in [1.29, 1.82) is 0 Å². The molecule has 0 aliphatic carbocycles. The normalized spacial score (nSPS) is 12.5. The molecule has 1 atom stereocenters. The van der Waals surface area contributed by atoms with Crippen molar-refractivity contribution < 1.29 is 9.53 Å². The van der Waals surface area contributed by atoms with E-state index in [4.69, 9.17) is 10.5 Å². The molecule has 2 aromatic rings. The highest BCUT2D eigenvalue weighted by atomic mass is 32.1. The summed E-state index contributed by atoms with van der Waals surface area (Å²) in [5.74, 6) is 0.117. The molecule has 2 rings (SSSR count). The summed E-state index contributed by atoms with van der Waals surface area (Å²) in [6.45, 7) is 3.19. The van der Waals surface area contributed by atoms with Crippen molar-refractivity contribution in [3.05, 3.63) is 23.2 Å². The van der Waals surface area contributed by atoms with Crippen LogP contribution in [0.5, 0.6) is 0 Å². The minimum atomic E-state index is -0.150. The smallest absolute Gasteiger partial charge is 0.263 e. The van der Waals surface area contributed by atoms with E-state index in [1.165, 1.54) is 11.3 Å². The predicted molar refractivity (Wildman–Crippen MR) is 77.4 cm³/mol. The number of carbonyl (C=O) groups is 1. The maximum atomic E-state index is 12.1. The minimum absolute atomic E-state index is 0.150. The molecule has 1 unspecified atom stereocenters. The molecule has 0 saturated carbocycles. The molecule has 1 amide bonds. The SMILES string of the molecule is COCC(C)CNC(=O)c1sc2ncccc2c1N. The average molecular weight is 279 g/mol. The van der Waals surface area contributed by atoms with E-state index in [0.717, 1.165) is 10.2 Å². The van der Waals surface area contributed by atoms with Crippen LogP contribution in [0.4, 0.5) is 5.69 Å². The van der Waals surface area contributed by atoms with Crippen LogP contribution in [0, 0.1) is 5.92 Å². The highest BCUT2D eigenvalue weighted by molar-refractivity contribution is 7.21. The summed E-state index contributed by atoms with van der Waals surface area (Å²) in [5, 5.41) is 3.70. The van der Waals surface area contributed by atoms with Gasteiger partial charge in [-0.3, -0.25) is 4.79 Å². The fraction of sp³-hybridized carbons (Fsp3) is 0.385. The van der Waals surface area contributed by atoms with Gasteiger partial charge in [0.15, 0.2) is 0 Å². The number of nitrogens with two attached hydrogens (primary N) is 1. The number of carbonyl (C=O) groups excluding carboxylic acids is 1. The van der Waals surface area contributed by atoms with Crippen LogP contribution >= 0.6 is 11.3 Å². The lowest BCUT2D eigenvalue weighted by molar-refractivity contribution is 0.0939. The highest BCUT2D eigenvalue weighted by Crippen LogP contribution is 2.31. The number of rotatable bonds is 5. The van der Waals surface area contributed by atoms with E-state index in [0.29, 0.717) is 23.7 Å². The van der Waals surface area contributed by atoms with E-state index in [1.807, 2.05) is 19.1 Å². The Morgan fingerprint density at radius 1 is 1.63 bits per heavy atom. The van der Waals surface area contributed by atoms with Gasteiger partial charge in [0.2, 0.25) is 0 Å². The van der Waals surface area contributed by atoms with Crippen LogP contribution in [0.2, 0.25) is 0 Å². The second-order valence-electron chi connectivity index (χ2n) is 4.47. The van der Waals surface area contributed by atoms with Crippen molar-refractivity contribution >= 4 is 33.1 Å². The van der Waals surface area contributed by atoms with Crippen LogP contribution in [0.3, 0.4) is 0 Å². The summed E-state index contributed by atoms with van der Waals surface area (Å²) in [4.78, 5) is 17.6. The number of methoxy groups -OCH3 is 1.